The third-order valence-corrected chi connectivity index (χ3v) is 5.20. The van der Waals surface area contributed by atoms with Crippen molar-refractivity contribution in [2.45, 2.75) is 103 Å². The highest BCUT2D eigenvalue weighted by Gasteiger charge is 2.12. The number of rotatable bonds is 12. The SMILES string of the molecule is PCCCCCCCCCCCCC1CCCCC1. The maximum atomic E-state index is 2.83. The lowest BCUT2D eigenvalue weighted by Gasteiger charge is -2.21. The second-order valence-electron chi connectivity index (χ2n) is 6.62. The summed E-state index contributed by atoms with van der Waals surface area (Å²) < 4.78 is 0. The molecule has 1 unspecified atom stereocenters. The second-order valence-corrected chi connectivity index (χ2v) is 7.19. The Morgan fingerprint density at radius 3 is 1.58 bits per heavy atom. The Morgan fingerprint density at radius 2 is 1.05 bits per heavy atom. The first-order valence-corrected chi connectivity index (χ1v) is 9.95. The monoisotopic (exact) mass is 284 g/mol. The molecular weight excluding hydrogens is 247 g/mol. The Morgan fingerprint density at radius 1 is 0.579 bits per heavy atom. The van der Waals surface area contributed by atoms with Gasteiger partial charge in [-0.2, -0.15) is 0 Å². The van der Waals surface area contributed by atoms with Gasteiger partial charge < -0.3 is 0 Å². The molecule has 1 rings (SSSR count). The quantitative estimate of drug-likeness (QED) is 0.275. The Kier molecular flexibility index (Phi) is 12.3. The summed E-state index contributed by atoms with van der Waals surface area (Å²) in [6, 6.07) is 0. The van der Waals surface area contributed by atoms with Gasteiger partial charge in [0.05, 0.1) is 0 Å². The summed E-state index contributed by atoms with van der Waals surface area (Å²) in [5.41, 5.74) is 0. The van der Waals surface area contributed by atoms with Gasteiger partial charge in [-0.3, -0.25) is 0 Å². The summed E-state index contributed by atoms with van der Waals surface area (Å²) in [5, 5.41) is 0. The van der Waals surface area contributed by atoms with Gasteiger partial charge in [0.25, 0.3) is 0 Å². The van der Waals surface area contributed by atoms with E-state index < -0.39 is 0 Å². The zero-order chi connectivity index (χ0) is 13.6. The number of unbranched alkanes of at least 4 members (excludes halogenated alkanes) is 9. The van der Waals surface area contributed by atoms with Gasteiger partial charge in [-0.05, 0) is 18.5 Å². The highest BCUT2D eigenvalue weighted by molar-refractivity contribution is 7.16. The highest BCUT2D eigenvalue weighted by atomic mass is 31.0. The van der Waals surface area contributed by atoms with E-state index in [4.69, 9.17) is 0 Å². The summed E-state index contributed by atoms with van der Waals surface area (Å²) in [7, 11) is 2.83. The van der Waals surface area contributed by atoms with Crippen LogP contribution in [0, 0.1) is 5.92 Å². The van der Waals surface area contributed by atoms with Crippen LogP contribution in [0.1, 0.15) is 103 Å². The minimum atomic E-state index is 1.10. The minimum Gasteiger partial charge on any atom is -0.138 e. The summed E-state index contributed by atoms with van der Waals surface area (Å²) in [5.74, 6) is 1.10. The Labute approximate surface area is 124 Å². The van der Waals surface area contributed by atoms with E-state index in [-0.39, 0.29) is 0 Å². The molecule has 0 aromatic carbocycles. The Balaban J connectivity index is 1.71. The molecule has 0 spiro atoms. The van der Waals surface area contributed by atoms with Gasteiger partial charge in [0.1, 0.15) is 0 Å². The van der Waals surface area contributed by atoms with Crippen LogP contribution in [0.3, 0.4) is 0 Å². The van der Waals surface area contributed by atoms with Crippen molar-refractivity contribution in [2.75, 3.05) is 6.16 Å². The molecule has 1 saturated carbocycles. The van der Waals surface area contributed by atoms with Crippen LogP contribution >= 0.6 is 9.24 Å². The first-order chi connectivity index (χ1) is 9.43. The van der Waals surface area contributed by atoms with E-state index in [9.17, 15) is 0 Å². The van der Waals surface area contributed by atoms with Crippen molar-refractivity contribution in [1.82, 2.24) is 0 Å². The predicted octanol–water partition coefficient (Wildman–Crippen LogP) is 6.73. The molecule has 114 valence electrons. The zero-order valence-electron chi connectivity index (χ0n) is 13.2. The van der Waals surface area contributed by atoms with E-state index in [2.05, 4.69) is 9.24 Å². The molecule has 19 heavy (non-hydrogen) atoms. The molecule has 1 fully saturated rings. The standard InChI is InChI=1S/C18H37P/c19-17-13-8-6-4-2-1-3-5-7-10-14-18-15-11-9-12-16-18/h18H,1-17,19H2. The summed E-state index contributed by atoms with van der Waals surface area (Å²) in [6.45, 7) is 0. The summed E-state index contributed by atoms with van der Waals surface area (Å²) in [6.07, 6.45) is 25.2. The van der Waals surface area contributed by atoms with E-state index in [0.29, 0.717) is 0 Å². The molecule has 0 N–H and O–H groups in total. The average Bonchev–Trinajstić information content (AvgIpc) is 2.46. The van der Waals surface area contributed by atoms with Gasteiger partial charge in [-0.15, -0.1) is 9.24 Å². The van der Waals surface area contributed by atoms with E-state index in [1.165, 1.54) is 109 Å². The van der Waals surface area contributed by atoms with Crippen molar-refractivity contribution in [3.8, 4) is 0 Å². The molecule has 0 saturated heterocycles. The van der Waals surface area contributed by atoms with Crippen LogP contribution < -0.4 is 0 Å². The van der Waals surface area contributed by atoms with Crippen LogP contribution in [0.15, 0.2) is 0 Å². The fourth-order valence-corrected chi connectivity index (χ4v) is 3.76. The van der Waals surface area contributed by atoms with E-state index in [1.54, 1.807) is 0 Å². The lowest BCUT2D eigenvalue weighted by atomic mass is 9.85. The van der Waals surface area contributed by atoms with Gasteiger partial charge in [0.2, 0.25) is 0 Å². The number of hydrogen-bond donors (Lipinski definition) is 0. The Bertz CT molecular complexity index is 173. The summed E-state index contributed by atoms with van der Waals surface area (Å²) >= 11 is 0. The van der Waals surface area contributed by atoms with Crippen LogP contribution in [0.4, 0.5) is 0 Å². The smallest absolute Gasteiger partial charge is 0.0381 e. The fraction of sp³-hybridized carbons (Fsp3) is 1.00. The van der Waals surface area contributed by atoms with Gasteiger partial charge in [0, 0.05) is 0 Å². The molecule has 1 aliphatic carbocycles. The van der Waals surface area contributed by atoms with E-state index >= 15 is 0 Å². The minimum absolute atomic E-state index is 1.10. The Hall–Kier alpha value is 0.430. The van der Waals surface area contributed by atoms with E-state index in [0.717, 1.165) is 5.92 Å². The molecule has 0 bridgehead atoms. The first kappa shape index (κ1) is 17.5. The summed E-state index contributed by atoms with van der Waals surface area (Å²) in [4.78, 5) is 0. The van der Waals surface area contributed by atoms with Crippen molar-refractivity contribution < 1.29 is 0 Å². The molecular formula is C18H37P. The van der Waals surface area contributed by atoms with Crippen molar-refractivity contribution in [1.29, 1.82) is 0 Å². The molecule has 0 aliphatic heterocycles. The fourth-order valence-electron chi connectivity index (χ4n) is 3.47. The van der Waals surface area contributed by atoms with Gasteiger partial charge in [-0.25, -0.2) is 0 Å². The molecule has 0 aromatic heterocycles. The van der Waals surface area contributed by atoms with Crippen molar-refractivity contribution >= 4 is 9.24 Å². The van der Waals surface area contributed by atoms with Crippen molar-refractivity contribution in [3.63, 3.8) is 0 Å². The van der Waals surface area contributed by atoms with Crippen LogP contribution in [0.5, 0.6) is 0 Å². The topological polar surface area (TPSA) is 0 Å². The zero-order valence-corrected chi connectivity index (χ0v) is 14.3. The first-order valence-electron chi connectivity index (χ1n) is 9.13. The normalized spacial score (nSPS) is 16.9. The van der Waals surface area contributed by atoms with Crippen molar-refractivity contribution in [3.05, 3.63) is 0 Å². The lowest BCUT2D eigenvalue weighted by molar-refractivity contribution is 0.328. The molecule has 0 nitrogen and oxygen atoms in total. The van der Waals surface area contributed by atoms with Crippen LogP contribution in [0.2, 0.25) is 0 Å². The van der Waals surface area contributed by atoms with Crippen LogP contribution in [-0.2, 0) is 0 Å². The maximum absolute atomic E-state index is 2.83. The molecule has 0 radical (unpaired) electrons. The van der Waals surface area contributed by atoms with Gasteiger partial charge >= 0.3 is 0 Å². The lowest BCUT2D eigenvalue weighted by Crippen LogP contribution is -2.05. The molecule has 0 aromatic rings. The van der Waals surface area contributed by atoms with Crippen molar-refractivity contribution in [2.24, 2.45) is 5.92 Å². The second kappa shape index (κ2) is 13.4. The van der Waals surface area contributed by atoms with Gasteiger partial charge in [0.15, 0.2) is 0 Å². The van der Waals surface area contributed by atoms with Crippen LogP contribution in [0.25, 0.3) is 0 Å². The van der Waals surface area contributed by atoms with Crippen LogP contribution in [-0.4, -0.2) is 6.16 Å². The molecule has 1 aliphatic rings. The third-order valence-electron chi connectivity index (χ3n) is 4.79. The number of hydrogen-bond acceptors (Lipinski definition) is 0. The molecule has 0 heterocycles. The van der Waals surface area contributed by atoms with E-state index in [1.807, 2.05) is 0 Å². The third kappa shape index (κ3) is 10.8. The molecule has 1 atom stereocenters. The predicted molar refractivity (Wildman–Crippen MR) is 91.9 cm³/mol. The largest absolute Gasteiger partial charge is 0.138 e. The average molecular weight is 284 g/mol. The maximum Gasteiger partial charge on any atom is -0.0381 e. The van der Waals surface area contributed by atoms with Gasteiger partial charge in [-0.1, -0.05) is 96.3 Å². The highest BCUT2D eigenvalue weighted by Crippen LogP contribution is 2.28. The molecule has 1 heteroatoms. The molecule has 0 amide bonds.